The largest absolute Gasteiger partial charge is 0.379 e. The number of ketones is 1. The van der Waals surface area contributed by atoms with E-state index in [2.05, 4.69) is 11.0 Å². The Hall–Kier alpha value is -2.00. The summed E-state index contributed by atoms with van der Waals surface area (Å²) in [5.74, 6) is 0.0834. The molecule has 2 aromatic rings. The molecule has 1 aromatic heterocycles. The first-order valence-corrected chi connectivity index (χ1v) is 9.00. The molecule has 0 N–H and O–H groups in total. The van der Waals surface area contributed by atoms with Gasteiger partial charge in [0.2, 0.25) is 0 Å². The Kier molecular flexibility index (Phi) is 5.41. The minimum atomic E-state index is -0.748. The van der Waals surface area contributed by atoms with Crippen LogP contribution in [0.5, 0.6) is 0 Å². The highest BCUT2D eigenvalue weighted by molar-refractivity contribution is 7.10. The number of thiophene rings is 1. The van der Waals surface area contributed by atoms with E-state index in [0.29, 0.717) is 44.7 Å². The van der Waals surface area contributed by atoms with E-state index in [9.17, 15) is 10.1 Å². The van der Waals surface area contributed by atoms with Crippen molar-refractivity contribution in [1.82, 2.24) is 4.90 Å². The fourth-order valence-corrected chi connectivity index (χ4v) is 4.07. The van der Waals surface area contributed by atoms with Gasteiger partial charge in [0.25, 0.3) is 0 Å². The van der Waals surface area contributed by atoms with Gasteiger partial charge in [-0.25, -0.2) is 0 Å². The predicted octanol–water partition coefficient (Wildman–Crippen LogP) is 3.46. The summed E-state index contributed by atoms with van der Waals surface area (Å²) in [6.45, 7) is 2.68. The van der Waals surface area contributed by atoms with Crippen LogP contribution in [0.1, 0.15) is 28.1 Å². The number of ether oxygens (including phenoxy) is 1. The van der Waals surface area contributed by atoms with E-state index < -0.39 is 5.54 Å². The van der Waals surface area contributed by atoms with Crippen molar-refractivity contribution in [3.63, 3.8) is 0 Å². The lowest BCUT2D eigenvalue weighted by molar-refractivity contribution is -0.00695. The quantitative estimate of drug-likeness (QED) is 0.756. The number of Topliss-reactive ketones (excluding diaryl/α,β-unsaturated/α-hetero) is 1. The normalized spacial score (nSPS) is 17.8. The Morgan fingerprint density at radius 3 is 2.58 bits per heavy atom. The van der Waals surface area contributed by atoms with Gasteiger partial charge in [0, 0.05) is 30.0 Å². The molecule has 1 aliphatic heterocycles. The maximum atomic E-state index is 12.5. The summed E-state index contributed by atoms with van der Waals surface area (Å²) >= 11 is 1.58. The molecule has 24 heavy (non-hydrogen) atoms. The van der Waals surface area contributed by atoms with Crippen molar-refractivity contribution >= 4 is 17.1 Å². The zero-order chi connectivity index (χ0) is 16.8. The summed E-state index contributed by atoms with van der Waals surface area (Å²) < 4.78 is 5.44. The topological polar surface area (TPSA) is 53.3 Å². The molecule has 0 saturated carbocycles. The van der Waals surface area contributed by atoms with Crippen molar-refractivity contribution in [3.8, 4) is 6.07 Å². The molecule has 1 aromatic carbocycles. The van der Waals surface area contributed by atoms with Crippen LogP contribution in [0, 0.1) is 11.3 Å². The zero-order valence-electron chi connectivity index (χ0n) is 13.5. The molecule has 2 heterocycles. The third-order valence-corrected chi connectivity index (χ3v) is 5.50. The Balaban J connectivity index is 1.82. The van der Waals surface area contributed by atoms with Crippen LogP contribution in [0.4, 0.5) is 0 Å². The number of nitrogens with zero attached hydrogens (tertiary/aromatic N) is 2. The number of morpholine rings is 1. The maximum absolute atomic E-state index is 12.5. The average Bonchev–Trinajstić information content (AvgIpc) is 3.19. The second kappa shape index (κ2) is 7.71. The van der Waals surface area contributed by atoms with Crippen LogP contribution in [-0.4, -0.2) is 37.0 Å². The van der Waals surface area contributed by atoms with E-state index in [4.69, 9.17) is 4.74 Å². The average molecular weight is 340 g/mol. The van der Waals surface area contributed by atoms with E-state index in [1.54, 1.807) is 11.3 Å². The summed E-state index contributed by atoms with van der Waals surface area (Å²) in [4.78, 5) is 15.7. The van der Waals surface area contributed by atoms with Crippen LogP contribution < -0.4 is 0 Å². The Bertz CT molecular complexity index is 703. The molecule has 4 nitrogen and oxygen atoms in total. The van der Waals surface area contributed by atoms with E-state index in [1.807, 2.05) is 47.8 Å². The van der Waals surface area contributed by atoms with Gasteiger partial charge in [-0.05, 0) is 17.9 Å². The Morgan fingerprint density at radius 2 is 1.96 bits per heavy atom. The van der Waals surface area contributed by atoms with Crippen molar-refractivity contribution in [2.24, 2.45) is 0 Å². The molecule has 1 saturated heterocycles. The smallest absolute Gasteiger partial charge is 0.162 e. The summed E-state index contributed by atoms with van der Waals surface area (Å²) in [5, 5.41) is 12.0. The number of hydrogen-bond donors (Lipinski definition) is 0. The molecule has 1 aliphatic rings. The highest BCUT2D eigenvalue weighted by atomic mass is 32.1. The van der Waals surface area contributed by atoms with Crippen LogP contribution in [0.3, 0.4) is 0 Å². The molecule has 124 valence electrons. The van der Waals surface area contributed by atoms with Gasteiger partial charge in [-0.15, -0.1) is 11.3 Å². The van der Waals surface area contributed by atoms with Crippen LogP contribution in [-0.2, 0) is 10.3 Å². The number of nitriles is 1. The van der Waals surface area contributed by atoms with Crippen LogP contribution in [0.2, 0.25) is 0 Å². The molecule has 0 bridgehead atoms. The monoisotopic (exact) mass is 340 g/mol. The lowest BCUT2D eigenvalue weighted by Gasteiger charge is -2.40. The van der Waals surface area contributed by atoms with Crippen LogP contribution in [0.15, 0.2) is 47.8 Å². The van der Waals surface area contributed by atoms with Gasteiger partial charge in [0.05, 0.1) is 19.3 Å². The lowest BCUT2D eigenvalue weighted by atomic mass is 9.88. The fraction of sp³-hybridized carbons (Fsp3) is 0.368. The SMILES string of the molecule is N#CC(CCC(=O)c1ccccc1)(c1cccs1)N1CCOCC1. The van der Waals surface area contributed by atoms with Crippen molar-refractivity contribution in [1.29, 1.82) is 5.26 Å². The molecule has 1 unspecified atom stereocenters. The second-order valence-corrected chi connectivity index (χ2v) is 6.79. The molecule has 3 rings (SSSR count). The Labute approximate surface area is 146 Å². The number of hydrogen-bond acceptors (Lipinski definition) is 5. The van der Waals surface area contributed by atoms with Gasteiger partial charge < -0.3 is 4.74 Å². The minimum absolute atomic E-state index is 0.0834. The molecule has 1 fully saturated rings. The van der Waals surface area contributed by atoms with Crippen molar-refractivity contribution in [2.45, 2.75) is 18.4 Å². The van der Waals surface area contributed by atoms with E-state index >= 15 is 0 Å². The number of carbonyl (C=O) groups excluding carboxylic acids is 1. The van der Waals surface area contributed by atoms with Gasteiger partial charge >= 0.3 is 0 Å². The highest BCUT2D eigenvalue weighted by Gasteiger charge is 2.40. The summed E-state index contributed by atoms with van der Waals surface area (Å²) in [6, 6.07) is 15.8. The molecular weight excluding hydrogens is 320 g/mol. The Morgan fingerprint density at radius 1 is 1.21 bits per heavy atom. The van der Waals surface area contributed by atoms with E-state index in [0.717, 1.165) is 4.88 Å². The standard InChI is InChI=1S/C19H20N2O2S/c20-15-19(18-7-4-14-24-18,21-10-12-23-13-11-21)9-8-17(22)16-5-2-1-3-6-16/h1-7,14H,8-13H2. The summed E-state index contributed by atoms with van der Waals surface area (Å²) in [6.07, 6.45) is 0.852. The van der Waals surface area contributed by atoms with Gasteiger partial charge in [-0.2, -0.15) is 5.26 Å². The van der Waals surface area contributed by atoms with Crippen molar-refractivity contribution in [3.05, 3.63) is 58.3 Å². The highest BCUT2D eigenvalue weighted by Crippen LogP contribution is 2.36. The molecule has 0 amide bonds. The number of carbonyl (C=O) groups is 1. The van der Waals surface area contributed by atoms with E-state index in [1.165, 1.54) is 0 Å². The predicted molar refractivity (Wildman–Crippen MR) is 94.0 cm³/mol. The molecule has 0 spiro atoms. The third kappa shape index (κ3) is 3.41. The number of benzene rings is 1. The van der Waals surface area contributed by atoms with Crippen LogP contribution in [0.25, 0.3) is 0 Å². The molecule has 0 aliphatic carbocycles. The maximum Gasteiger partial charge on any atom is 0.162 e. The first kappa shape index (κ1) is 16.8. The van der Waals surface area contributed by atoms with Gasteiger partial charge in [-0.3, -0.25) is 9.69 Å². The van der Waals surface area contributed by atoms with Gasteiger partial charge in [0.1, 0.15) is 5.54 Å². The lowest BCUT2D eigenvalue weighted by Crippen LogP contribution is -2.50. The summed E-state index contributed by atoms with van der Waals surface area (Å²) in [7, 11) is 0. The summed E-state index contributed by atoms with van der Waals surface area (Å²) in [5.41, 5.74) is -0.0416. The molecule has 1 atom stereocenters. The molecule has 0 radical (unpaired) electrons. The van der Waals surface area contributed by atoms with Crippen molar-refractivity contribution < 1.29 is 9.53 Å². The number of rotatable bonds is 6. The van der Waals surface area contributed by atoms with Gasteiger partial charge in [0.15, 0.2) is 5.78 Å². The van der Waals surface area contributed by atoms with Crippen LogP contribution >= 0.6 is 11.3 Å². The fourth-order valence-electron chi connectivity index (χ4n) is 3.14. The molecule has 5 heteroatoms. The third-order valence-electron chi connectivity index (χ3n) is 4.47. The first-order chi connectivity index (χ1) is 11.8. The van der Waals surface area contributed by atoms with Gasteiger partial charge in [-0.1, -0.05) is 36.4 Å². The second-order valence-electron chi connectivity index (χ2n) is 5.84. The first-order valence-electron chi connectivity index (χ1n) is 8.12. The zero-order valence-corrected chi connectivity index (χ0v) is 14.3. The van der Waals surface area contributed by atoms with Crippen molar-refractivity contribution in [2.75, 3.05) is 26.3 Å². The molecular formula is C19H20N2O2S. The minimum Gasteiger partial charge on any atom is -0.379 e. The van der Waals surface area contributed by atoms with E-state index in [-0.39, 0.29) is 5.78 Å².